The van der Waals surface area contributed by atoms with Crippen LogP contribution in [0.4, 0.5) is 0 Å². The Kier molecular flexibility index (Phi) is 5.71. The monoisotopic (exact) mass is 329 g/mol. The van der Waals surface area contributed by atoms with E-state index in [2.05, 4.69) is 40.3 Å². The molecule has 1 aromatic rings. The van der Waals surface area contributed by atoms with Gasteiger partial charge in [0.15, 0.2) is 0 Å². The van der Waals surface area contributed by atoms with Crippen molar-refractivity contribution in [1.29, 1.82) is 0 Å². The van der Waals surface area contributed by atoms with Crippen LogP contribution in [0.3, 0.4) is 0 Å². The highest BCUT2D eigenvalue weighted by atomic mass is 79.9. The summed E-state index contributed by atoms with van der Waals surface area (Å²) in [5, 5.41) is 3.67. The summed E-state index contributed by atoms with van der Waals surface area (Å²) in [6.07, 6.45) is 9.57. The Labute approximate surface area is 123 Å². The Morgan fingerprint density at radius 3 is 2.67 bits per heavy atom. The van der Waals surface area contributed by atoms with E-state index in [0.717, 1.165) is 6.54 Å². The topological polar surface area (TPSA) is 12.0 Å². The number of nitrogens with one attached hydrogen (secondary N) is 1. The fourth-order valence-corrected chi connectivity index (χ4v) is 4.72. The van der Waals surface area contributed by atoms with Crippen molar-refractivity contribution in [2.24, 2.45) is 5.41 Å². The van der Waals surface area contributed by atoms with Crippen molar-refractivity contribution in [1.82, 2.24) is 5.32 Å². The van der Waals surface area contributed by atoms with E-state index in [4.69, 9.17) is 0 Å². The predicted molar refractivity (Wildman–Crippen MR) is 84.4 cm³/mol. The summed E-state index contributed by atoms with van der Waals surface area (Å²) in [4.78, 5) is 1.54. The van der Waals surface area contributed by atoms with Gasteiger partial charge in [-0.15, -0.1) is 11.3 Å². The zero-order valence-corrected chi connectivity index (χ0v) is 13.7. The van der Waals surface area contributed by atoms with Gasteiger partial charge in [-0.25, -0.2) is 0 Å². The smallest absolute Gasteiger partial charge is 0.0701 e. The molecule has 0 saturated heterocycles. The number of halogens is 1. The minimum Gasteiger partial charge on any atom is -0.316 e. The molecule has 1 heterocycles. The van der Waals surface area contributed by atoms with Crippen molar-refractivity contribution in [3.05, 3.63) is 20.8 Å². The van der Waals surface area contributed by atoms with Crippen LogP contribution in [0.1, 0.15) is 50.3 Å². The van der Waals surface area contributed by atoms with Crippen LogP contribution in [-0.2, 0) is 6.42 Å². The molecule has 0 aliphatic heterocycles. The molecule has 1 aliphatic carbocycles. The molecule has 1 N–H and O–H groups in total. The summed E-state index contributed by atoms with van der Waals surface area (Å²) in [6.45, 7) is 4.61. The second-order valence-corrected chi connectivity index (χ2v) is 8.17. The molecule has 102 valence electrons. The molecule has 1 saturated carbocycles. The summed E-state index contributed by atoms with van der Waals surface area (Å²) < 4.78 is 1.27. The van der Waals surface area contributed by atoms with Gasteiger partial charge in [-0.1, -0.05) is 26.2 Å². The molecule has 0 unspecified atom stereocenters. The molecule has 0 atom stereocenters. The third-order valence-corrected chi connectivity index (χ3v) is 5.64. The van der Waals surface area contributed by atoms with Gasteiger partial charge in [-0.05, 0) is 65.7 Å². The lowest BCUT2D eigenvalue weighted by atomic mass is 9.71. The molecular weight excluding hydrogens is 306 g/mol. The zero-order valence-electron chi connectivity index (χ0n) is 11.3. The molecule has 1 nitrogen and oxygen atoms in total. The maximum Gasteiger partial charge on any atom is 0.0701 e. The molecule has 3 heteroatoms. The number of hydrogen-bond donors (Lipinski definition) is 1. The van der Waals surface area contributed by atoms with Crippen LogP contribution in [0, 0.1) is 5.41 Å². The van der Waals surface area contributed by atoms with Gasteiger partial charge in [0.05, 0.1) is 3.79 Å². The molecule has 0 radical (unpaired) electrons. The zero-order chi connectivity index (χ0) is 12.8. The van der Waals surface area contributed by atoms with Crippen molar-refractivity contribution in [3.63, 3.8) is 0 Å². The Morgan fingerprint density at radius 1 is 1.28 bits per heavy atom. The average molecular weight is 330 g/mol. The second-order valence-electron chi connectivity index (χ2n) is 5.62. The maximum absolute atomic E-state index is 3.67. The summed E-state index contributed by atoms with van der Waals surface area (Å²) >= 11 is 5.49. The third kappa shape index (κ3) is 4.07. The SMILES string of the molecule is CCCNCC1(Cc2ccc(Br)s2)CCCCC1. The number of thiophene rings is 1. The van der Waals surface area contributed by atoms with Gasteiger partial charge in [0, 0.05) is 11.4 Å². The van der Waals surface area contributed by atoms with E-state index < -0.39 is 0 Å². The van der Waals surface area contributed by atoms with Crippen molar-refractivity contribution >= 4 is 27.3 Å². The second kappa shape index (κ2) is 7.06. The molecule has 0 amide bonds. The Balaban J connectivity index is 1.99. The Bertz CT molecular complexity index is 355. The lowest BCUT2D eigenvalue weighted by Gasteiger charge is -2.37. The molecule has 0 aromatic carbocycles. The minimum atomic E-state index is 0.526. The van der Waals surface area contributed by atoms with E-state index in [9.17, 15) is 0 Å². The van der Waals surface area contributed by atoms with Crippen LogP contribution in [0.25, 0.3) is 0 Å². The summed E-state index contributed by atoms with van der Waals surface area (Å²) in [7, 11) is 0. The fourth-order valence-electron chi connectivity index (χ4n) is 3.06. The van der Waals surface area contributed by atoms with Crippen molar-refractivity contribution < 1.29 is 0 Å². The highest BCUT2D eigenvalue weighted by Gasteiger charge is 2.32. The van der Waals surface area contributed by atoms with E-state index >= 15 is 0 Å². The van der Waals surface area contributed by atoms with E-state index in [1.165, 1.54) is 55.3 Å². The van der Waals surface area contributed by atoms with Crippen LogP contribution in [-0.4, -0.2) is 13.1 Å². The standard InChI is InChI=1S/C15H24BrNS/c1-2-10-17-12-15(8-4-3-5-9-15)11-13-6-7-14(16)18-13/h6-7,17H,2-5,8-12H2,1H3. The molecule has 2 rings (SSSR count). The maximum atomic E-state index is 3.67. The van der Waals surface area contributed by atoms with Gasteiger partial charge >= 0.3 is 0 Å². The van der Waals surface area contributed by atoms with Gasteiger partial charge in [-0.2, -0.15) is 0 Å². The van der Waals surface area contributed by atoms with E-state index in [-0.39, 0.29) is 0 Å². The quantitative estimate of drug-likeness (QED) is 0.724. The minimum absolute atomic E-state index is 0.526. The summed E-state index contributed by atoms with van der Waals surface area (Å²) in [5.41, 5.74) is 0.526. The number of hydrogen-bond acceptors (Lipinski definition) is 2. The first-order valence-corrected chi connectivity index (χ1v) is 8.80. The first-order valence-electron chi connectivity index (χ1n) is 7.19. The predicted octanol–water partition coefficient (Wildman–Crippen LogP) is 5.00. The van der Waals surface area contributed by atoms with Crippen LogP contribution >= 0.6 is 27.3 Å². The van der Waals surface area contributed by atoms with E-state index in [0.29, 0.717) is 5.41 Å². The van der Waals surface area contributed by atoms with Crippen LogP contribution in [0.2, 0.25) is 0 Å². The van der Waals surface area contributed by atoms with Crippen molar-refractivity contribution in [2.45, 2.75) is 51.9 Å². The molecule has 1 aliphatic rings. The molecular formula is C15H24BrNS. The Hall–Kier alpha value is 0.140. The van der Waals surface area contributed by atoms with Crippen molar-refractivity contribution in [2.75, 3.05) is 13.1 Å². The summed E-state index contributed by atoms with van der Waals surface area (Å²) in [6, 6.07) is 4.49. The van der Waals surface area contributed by atoms with Crippen LogP contribution < -0.4 is 5.32 Å². The first kappa shape index (κ1) is 14.5. The number of rotatable bonds is 6. The molecule has 0 bridgehead atoms. The average Bonchev–Trinajstić information content (AvgIpc) is 2.76. The van der Waals surface area contributed by atoms with Crippen LogP contribution in [0.5, 0.6) is 0 Å². The van der Waals surface area contributed by atoms with Gasteiger partial charge in [-0.3, -0.25) is 0 Å². The molecule has 1 aromatic heterocycles. The highest BCUT2D eigenvalue weighted by Crippen LogP contribution is 2.40. The summed E-state index contributed by atoms with van der Waals surface area (Å²) in [5.74, 6) is 0. The highest BCUT2D eigenvalue weighted by molar-refractivity contribution is 9.11. The van der Waals surface area contributed by atoms with Gasteiger partial charge in [0.25, 0.3) is 0 Å². The lowest BCUT2D eigenvalue weighted by molar-refractivity contribution is 0.182. The Morgan fingerprint density at radius 2 is 2.06 bits per heavy atom. The van der Waals surface area contributed by atoms with Crippen LogP contribution in [0.15, 0.2) is 15.9 Å². The molecule has 0 spiro atoms. The van der Waals surface area contributed by atoms with Gasteiger partial charge in [0.1, 0.15) is 0 Å². The van der Waals surface area contributed by atoms with E-state index in [1.807, 2.05) is 11.3 Å². The van der Waals surface area contributed by atoms with E-state index in [1.54, 1.807) is 4.88 Å². The largest absolute Gasteiger partial charge is 0.316 e. The molecule has 1 fully saturated rings. The molecule has 18 heavy (non-hydrogen) atoms. The normalized spacial score (nSPS) is 19.0. The van der Waals surface area contributed by atoms with Crippen molar-refractivity contribution in [3.8, 4) is 0 Å². The third-order valence-electron chi connectivity index (χ3n) is 4.02. The fraction of sp³-hybridized carbons (Fsp3) is 0.733. The first-order chi connectivity index (χ1) is 8.74. The lowest BCUT2D eigenvalue weighted by Crippen LogP contribution is -2.38. The van der Waals surface area contributed by atoms with Gasteiger partial charge < -0.3 is 5.32 Å². The van der Waals surface area contributed by atoms with Gasteiger partial charge in [0.2, 0.25) is 0 Å².